The van der Waals surface area contributed by atoms with Gasteiger partial charge in [0.2, 0.25) is 0 Å². The van der Waals surface area contributed by atoms with E-state index < -0.39 is 6.10 Å². The Labute approximate surface area is 133 Å². The first-order valence-electron chi connectivity index (χ1n) is 7.40. The van der Waals surface area contributed by atoms with Crippen LogP contribution in [-0.2, 0) is 6.54 Å². The van der Waals surface area contributed by atoms with Crippen LogP contribution in [0.1, 0.15) is 18.5 Å². The van der Waals surface area contributed by atoms with E-state index in [0.29, 0.717) is 18.6 Å². The third kappa shape index (κ3) is 4.03. The molecule has 2 atom stereocenters. The Bertz CT molecular complexity index is 594. The maximum atomic E-state index is 13.2. The number of rotatable bonds is 4. The minimum Gasteiger partial charge on any atom is -0.488 e. The molecule has 1 aliphatic rings. The summed E-state index contributed by atoms with van der Waals surface area (Å²) in [5.74, 6) is 0.141. The Kier molecular flexibility index (Phi) is 5.02. The predicted octanol–water partition coefficient (Wildman–Crippen LogP) is 2.69. The topological polar surface area (TPSA) is 45.6 Å². The van der Waals surface area contributed by atoms with Crippen molar-refractivity contribution in [1.29, 1.82) is 0 Å². The van der Waals surface area contributed by atoms with Gasteiger partial charge in [-0.25, -0.2) is 9.37 Å². The molecule has 1 aliphatic heterocycles. The molecule has 0 aliphatic carbocycles. The van der Waals surface area contributed by atoms with Crippen LogP contribution in [0.15, 0.2) is 35.2 Å². The Hall–Kier alpha value is -1.50. The number of hydrogen-bond donors (Lipinski definition) is 1. The number of hydrogen-bond acceptors (Lipinski definition) is 5. The number of aliphatic hydroxyl groups is 1. The lowest BCUT2D eigenvalue weighted by molar-refractivity contribution is 0.0348. The lowest BCUT2D eigenvalue weighted by Crippen LogP contribution is -2.31. The molecular formula is C16H19FN2O2S. The third-order valence-electron chi connectivity index (χ3n) is 3.85. The molecule has 0 amide bonds. The van der Waals surface area contributed by atoms with Crippen LogP contribution >= 0.6 is 11.3 Å². The van der Waals surface area contributed by atoms with E-state index in [9.17, 15) is 9.50 Å². The zero-order chi connectivity index (χ0) is 15.4. The summed E-state index contributed by atoms with van der Waals surface area (Å²) in [5, 5.41) is 12.3. The predicted molar refractivity (Wildman–Crippen MR) is 83.4 cm³/mol. The standard InChI is InChI=1S/C16H19FN2O2S/c17-12-2-1-3-14(8-12)21-16-5-7-19(6-4-15(16)20)9-13-10-22-11-18-13/h1-3,8,10-11,15-16,20H,4-7,9H2/t15-,16-/m0/s1. The van der Waals surface area contributed by atoms with Crippen molar-refractivity contribution in [3.8, 4) is 5.75 Å². The van der Waals surface area contributed by atoms with E-state index in [4.69, 9.17) is 4.74 Å². The summed E-state index contributed by atoms with van der Waals surface area (Å²) in [7, 11) is 0. The first-order valence-corrected chi connectivity index (χ1v) is 8.35. The number of ether oxygens (including phenoxy) is 1. The van der Waals surface area contributed by atoms with Crippen molar-refractivity contribution in [3.05, 3.63) is 46.7 Å². The van der Waals surface area contributed by atoms with Gasteiger partial charge in [-0.05, 0) is 25.0 Å². The second kappa shape index (κ2) is 7.17. The molecule has 0 bridgehead atoms. The van der Waals surface area contributed by atoms with Gasteiger partial charge >= 0.3 is 0 Å². The van der Waals surface area contributed by atoms with Gasteiger partial charge in [0.15, 0.2) is 0 Å². The quantitative estimate of drug-likeness (QED) is 0.940. The maximum Gasteiger partial charge on any atom is 0.126 e. The normalized spacial score (nSPS) is 23.2. The van der Waals surface area contributed by atoms with Crippen molar-refractivity contribution < 1.29 is 14.2 Å². The van der Waals surface area contributed by atoms with Crippen LogP contribution in [0.5, 0.6) is 5.75 Å². The number of likely N-dealkylation sites (tertiary alicyclic amines) is 1. The molecule has 0 unspecified atom stereocenters. The second-order valence-electron chi connectivity index (χ2n) is 5.51. The Morgan fingerprint density at radius 1 is 1.36 bits per heavy atom. The first-order chi connectivity index (χ1) is 10.7. The van der Waals surface area contributed by atoms with Crippen molar-refractivity contribution >= 4 is 11.3 Å². The van der Waals surface area contributed by atoms with Gasteiger partial charge in [0, 0.05) is 31.1 Å². The minimum absolute atomic E-state index is 0.303. The van der Waals surface area contributed by atoms with E-state index >= 15 is 0 Å². The highest BCUT2D eigenvalue weighted by atomic mass is 32.1. The number of thiazole rings is 1. The van der Waals surface area contributed by atoms with Crippen molar-refractivity contribution in [1.82, 2.24) is 9.88 Å². The number of halogens is 1. The molecule has 2 aromatic rings. The highest BCUT2D eigenvalue weighted by molar-refractivity contribution is 7.07. The van der Waals surface area contributed by atoms with Gasteiger partial charge in [-0.2, -0.15) is 0 Å². The summed E-state index contributed by atoms with van der Waals surface area (Å²) in [6.07, 6.45) is 0.511. The molecule has 4 nitrogen and oxygen atoms in total. The molecule has 3 rings (SSSR count). The molecule has 0 spiro atoms. The zero-order valence-electron chi connectivity index (χ0n) is 12.2. The number of aliphatic hydroxyl groups excluding tert-OH is 1. The number of aromatic nitrogens is 1. The Balaban J connectivity index is 1.59. The molecule has 1 fully saturated rings. The SMILES string of the molecule is O[C@H]1CCN(Cc2cscn2)CC[C@@H]1Oc1cccc(F)c1. The van der Waals surface area contributed by atoms with Crippen molar-refractivity contribution in [2.45, 2.75) is 31.6 Å². The summed E-state index contributed by atoms with van der Waals surface area (Å²) >= 11 is 1.59. The van der Waals surface area contributed by atoms with Crippen LogP contribution in [-0.4, -0.2) is 40.3 Å². The van der Waals surface area contributed by atoms with Crippen molar-refractivity contribution in [3.63, 3.8) is 0 Å². The molecule has 1 saturated heterocycles. The average Bonchev–Trinajstić information content (AvgIpc) is 2.95. The average molecular weight is 322 g/mol. The number of benzene rings is 1. The van der Waals surface area contributed by atoms with Crippen molar-refractivity contribution in [2.24, 2.45) is 0 Å². The molecule has 118 valence electrons. The van der Waals surface area contributed by atoms with Gasteiger partial charge in [0.05, 0.1) is 17.3 Å². The summed E-state index contributed by atoms with van der Waals surface area (Å²) in [5.41, 5.74) is 2.89. The highest BCUT2D eigenvalue weighted by Crippen LogP contribution is 2.21. The van der Waals surface area contributed by atoms with Crippen LogP contribution in [0.25, 0.3) is 0 Å². The van der Waals surface area contributed by atoms with E-state index in [1.54, 1.807) is 23.5 Å². The molecular weight excluding hydrogens is 303 g/mol. The molecule has 1 N–H and O–H groups in total. The maximum absolute atomic E-state index is 13.2. The third-order valence-corrected chi connectivity index (χ3v) is 4.49. The van der Waals surface area contributed by atoms with E-state index in [-0.39, 0.29) is 11.9 Å². The van der Waals surface area contributed by atoms with E-state index in [0.717, 1.165) is 25.3 Å². The van der Waals surface area contributed by atoms with Crippen molar-refractivity contribution in [2.75, 3.05) is 13.1 Å². The van der Waals surface area contributed by atoms with E-state index in [1.807, 2.05) is 10.9 Å². The van der Waals surface area contributed by atoms with Crippen LogP contribution in [0, 0.1) is 5.82 Å². The molecule has 0 radical (unpaired) electrons. The molecule has 22 heavy (non-hydrogen) atoms. The Morgan fingerprint density at radius 2 is 2.23 bits per heavy atom. The van der Waals surface area contributed by atoms with Crippen LogP contribution in [0.3, 0.4) is 0 Å². The molecule has 0 saturated carbocycles. The fraction of sp³-hybridized carbons (Fsp3) is 0.438. The minimum atomic E-state index is -0.538. The smallest absolute Gasteiger partial charge is 0.126 e. The molecule has 1 aromatic heterocycles. The van der Waals surface area contributed by atoms with Gasteiger partial charge in [0.25, 0.3) is 0 Å². The highest BCUT2D eigenvalue weighted by Gasteiger charge is 2.26. The van der Waals surface area contributed by atoms with Crippen LogP contribution < -0.4 is 4.74 Å². The summed E-state index contributed by atoms with van der Waals surface area (Å²) < 4.78 is 19.0. The fourth-order valence-electron chi connectivity index (χ4n) is 2.67. The lowest BCUT2D eigenvalue weighted by Gasteiger charge is -2.21. The van der Waals surface area contributed by atoms with Crippen LogP contribution in [0.4, 0.5) is 4.39 Å². The summed E-state index contributed by atoms with van der Waals surface area (Å²) in [6.45, 7) is 2.43. The second-order valence-corrected chi connectivity index (χ2v) is 6.23. The zero-order valence-corrected chi connectivity index (χ0v) is 13.0. The van der Waals surface area contributed by atoms with Gasteiger partial charge in [-0.15, -0.1) is 11.3 Å². The monoisotopic (exact) mass is 322 g/mol. The summed E-state index contributed by atoms with van der Waals surface area (Å²) in [4.78, 5) is 6.57. The largest absolute Gasteiger partial charge is 0.488 e. The fourth-order valence-corrected chi connectivity index (χ4v) is 3.22. The van der Waals surface area contributed by atoms with E-state index in [2.05, 4.69) is 9.88 Å². The molecule has 2 heterocycles. The summed E-state index contributed by atoms with van der Waals surface area (Å²) in [6, 6.07) is 6.06. The number of nitrogens with zero attached hydrogens (tertiary/aromatic N) is 2. The Morgan fingerprint density at radius 3 is 3.00 bits per heavy atom. The molecule has 6 heteroatoms. The lowest BCUT2D eigenvalue weighted by atomic mass is 10.1. The first kappa shape index (κ1) is 15.4. The van der Waals surface area contributed by atoms with Gasteiger partial charge < -0.3 is 9.84 Å². The van der Waals surface area contributed by atoms with Gasteiger partial charge in [-0.1, -0.05) is 6.07 Å². The van der Waals surface area contributed by atoms with Gasteiger partial charge in [0.1, 0.15) is 17.7 Å². The van der Waals surface area contributed by atoms with Gasteiger partial charge in [-0.3, -0.25) is 4.90 Å². The molecule has 1 aromatic carbocycles. The van der Waals surface area contributed by atoms with E-state index in [1.165, 1.54) is 12.1 Å². The van der Waals surface area contributed by atoms with Crippen LogP contribution in [0.2, 0.25) is 0 Å².